The first-order valence-corrected chi connectivity index (χ1v) is 9.56. The zero-order valence-corrected chi connectivity index (χ0v) is 14.0. The number of rotatable bonds is 3. The molecule has 0 atom stereocenters. The van der Waals surface area contributed by atoms with Gasteiger partial charge in [-0.25, -0.2) is 0 Å². The Morgan fingerprint density at radius 1 is 0.750 bits per heavy atom. The van der Waals surface area contributed by atoms with Crippen molar-refractivity contribution in [2.45, 2.75) is 82.4 Å². The summed E-state index contributed by atoms with van der Waals surface area (Å²) >= 11 is 0. The summed E-state index contributed by atoms with van der Waals surface area (Å²) < 4.78 is 22.7. The maximum Gasteiger partial charge on any atom is 0.361 e. The Labute approximate surface area is 123 Å². The smallest absolute Gasteiger partial charge is 0.361 e. The fourth-order valence-electron chi connectivity index (χ4n) is 3.04. The van der Waals surface area contributed by atoms with E-state index in [1.807, 2.05) is 0 Å². The highest BCUT2D eigenvalue weighted by Crippen LogP contribution is 2.61. The third kappa shape index (κ3) is 5.14. The van der Waals surface area contributed by atoms with Crippen molar-refractivity contribution in [2.24, 2.45) is 0 Å². The standard InChI is InChI=1S/C15H31O4P/c1-18-20(17,19-2)15(16)13-11-9-7-5-3-4-6-8-10-12-14-15/h16H,3-14H2,1-2H3. The molecule has 0 aromatic heterocycles. The van der Waals surface area contributed by atoms with Gasteiger partial charge in [-0.1, -0.05) is 51.4 Å². The minimum absolute atomic E-state index is 0.506. The second kappa shape index (κ2) is 9.19. The molecule has 1 N–H and O–H groups in total. The van der Waals surface area contributed by atoms with Crippen LogP contribution in [0.4, 0.5) is 0 Å². The Bertz CT molecular complexity index is 284. The van der Waals surface area contributed by atoms with Crippen LogP contribution in [0.2, 0.25) is 0 Å². The number of hydrogen-bond donors (Lipinski definition) is 1. The van der Waals surface area contributed by atoms with Gasteiger partial charge in [0, 0.05) is 14.2 Å². The summed E-state index contributed by atoms with van der Waals surface area (Å²) in [6, 6.07) is 0. The molecule has 0 bridgehead atoms. The summed E-state index contributed by atoms with van der Waals surface area (Å²) in [6.07, 6.45) is 12.5. The molecule has 0 heterocycles. The highest BCUT2D eigenvalue weighted by molar-refractivity contribution is 7.55. The van der Waals surface area contributed by atoms with E-state index in [1.165, 1.54) is 52.7 Å². The van der Waals surface area contributed by atoms with E-state index in [1.54, 1.807) is 0 Å². The lowest BCUT2D eigenvalue weighted by molar-refractivity contribution is 0.0582. The third-order valence-electron chi connectivity index (χ3n) is 4.39. The van der Waals surface area contributed by atoms with Crippen LogP contribution in [0.3, 0.4) is 0 Å². The van der Waals surface area contributed by atoms with Gasteiger partial charge >= 0.3 is 7.60 Å². The zero-order valence-electron chi connectivity index (χ0n) is 13.1. The van der Waals surface area contributed by atoms with Gasteiger partial charge in [0.2, 0.25) is 0 Å². The first kappa shape index (κ1) is 18.2. The van der Waals surface area contributed by atoms with Gasteiger partial charge in [0.05, 0.1) is 0 Å². The first-order chi connectivity index (χ1) is 9.58. The third-order valence-corrected chi connectivity index (χ3v) is 6.82. The summed E-state index contributed by atoms with van der Waals surface area (Å²) in [5.74, 6) is 0. The molecule has 0 amide bonds. The zero-order chi connectivity index (χ0) is 14.9. The summed E-state index contributed by atoms with van der Waals surface area (Å²) in [4.78, 5) is 0. The average molecular weight is 306 g/mol. The molecule has 0 aliphatic heterocycles. The normalized spacial score (nSPS) is 23.4. The number of aliphatic hydroxyl groups is 1. The molecule has 1 fully saturated rings. The second-order valence-corrected chi connectivity index (χ2v) is 8.44. The van der Waals surface area contributed by atoms with Gasteiger partial charge in [-0.2, -0.15) is 0 Å². The van der Waals surface area contributed by atoms with Crippen molar-refractivity contribution in [2.75, 3.05) is 14.2 Å². The highest BCUT2D eigenvalue weighted by atomic mass is 31.2. The van der Waals surface area contributed by atoms with Crippen molar-refractivity contribution < 1.29 is 18.7 Å². The molecule has 0 saturated heterocycles. The minimum Gasteiger partial charge on any atom is -0.377 e. The van der Waals surface area contributed by atoms with Gasteiger partial charge in [0.25, 0.3) is 0 Å². The molecule has 0 aromatic carbocycles. The van der Waals surface area contributed by atoms with E-state index in [4.69, 9.17) is 9.05 Å². The van der Waals surface area contributed by atoms with Gasteiger partial charge in [0.15, 0.2) is 5.34 Å². The van der Waals surface area contributed by atoms with Crippen molar-refractivity contribution >= 4 is 7.60 Å². The van der Waals surface area contributed by atoms with Crippen molar-refractivity contribution in [1.29, 1.82) is 0 Å². The summed E-state index contributed by atoms with van der Waals surface area (Å²) in [5, 5.41) is 9.52. The van der Waals surface area contributed by atoms with E-state index in [0.29, 0.717) is 12.8 Å². The van der Waals surface area contributed by atoms with Crippen LogP contribution in [0.25, 0.3) is 0 Å². The Morgan fingerprint density at radius 2 is 1.05 bits per heavy atom. The average Bonchev–Trinajstić information content (AvgIpc) is 2.48. The SMILES string of the molecule is COP(=O)(OC)C1(O)CCCCCCCCCCCC1. The largest absolute Gasteiger partial charge is 0.377 e. The van der Waals surface area contributed by atoms with Crippen LogP contribution in [0.15, 0.2) is 0 Å². The Hall–Kier alpha value is 0.110. The second-order valence-electron chi connectivity index (χ2n) is 5.88. The highest BCUT2D eigenvalue weighted by Gasteiger charge is 2.47. The number of hydrogen-bond acceptors (Lipinski definition) is 4. The van der Waals surface area contributed by atoms with Crippen molar-refractivity contribution in [3.63, 3.8) is 0 Å². The Kier molecular flexibility index (Phi) is 8.35. The maximum atomic E-state index is 12.6. The van der Waals surface area contributed by atoms with Crippen LogP contribution >= 0.6 is 7.60 Å². The molecule has 120 valence electrons. The first-order valence-electron chi connectivity index (χ1n) is 8.02. The van der Waals surface area contributed by atoms with Crippen LogP contribution in [0, 0.1) is 0 Å². The van der Waals surface area contributed by atoms with Gasteiger partial charge in [0.1, 0.15) is 0 Å². The van der Waals surface area contributed by atoms with Gasteiger partial charge in [-0.3, -0.25) is 4.57 Å². The minimum atomic E-state index is -3.43. The molecule has 1 saturated carbocycles. The van der Waals surface area contributed by atoms with Crippen LogP contribution in [-0.2, 0) is 13.6 Å². The summed E-state index contributed by atoms with van der Waals surface area (Å²) in [7, 11) is -0.700. The lowest BCUT2D eigenvalue weighted by Crippen LogP contribution is -2.30. The van der Waals surface area contributed by atoms with Crippen molar-refractivity contribution in [1.82, 2.24) is 0 Å². The topological polar surface area (TPSA) is 55.8 Å². The molecule has 4 nitrogen and oxygen atoms in total. The Balaban J connectivity index is 2.69. The van der Waals surface area contributed by atoms with Crippen LogP contribution < -0.4 is 0 Å². The van der Waals surface area contributed by atoms with Crippen LogP contribution in [0.1, 0.15) is 77.0 Å². The lowest BCUT2D eigenvalue weighted by Gasteiger charge is -2.33. The van der Waals surface area contributed by atoms with Crippen molar-refractivity contribution in [3.05, 3.63) is 0 Å². The fraction of sp³-hybridized carbons (Fsp3) is 1.00. The van der Waals surface area contributed by atoms with Gasteiger partial charge < -0.3 is 14.2 Å². The van der Waals surface area contributed by atoms with E-state index in [0.717, 1.165) is 25.7 Å². The summed E-state index contributed by atoms with van der Waals surface area (Å²) in [6.45, 7) is 0. The van der Waals surface area contributed by atoms with Gasteiger partial charge in [-0.05, 0) is 25.7 Å². The molecule has 0 radical (unpaired) electrons. The predicted molar refractivity (Wildman–Crippen MR) is 82.0 cm³/mol. The van der Waals surface area contributed by atoms with E-state index in [2.05, 4.69) is 0 Å². The van der Waals surface area contributed by atoms with E-state index in [-0.39, 0.29) is 0 Å². The van der Waals surface area contributed by atoms with Crippen LogP contribution in [0.5, 0.6) is 0 Å². The molecule has 1 rings (SSSR count). The quantitative estimate of drug-likeness (QED) is 0.757. The molecule has 20 heavy (non-hydrogen) atoms. The molecular weight excluding hydrogens is 275 g/mol. The summed E-state index contributed by atoms with van der Waals surface area (Å²) in [5.41, 5.74) is 0. The Morgan fingerprint density at radius 3 is 1.35 bits per heavy atom. The van der Waals surface area contributed by atoms with E-state index < -0.39 is 12.9 Å². The predicted octanol–water partition coefficient (Wildman–Crippen LogP) is 4.86. The molecule has 0 aromatic rings. The van der Waals surface area contributed by atoms with Crippen LogP contribution in [-0.4, -0.2) is 24.7 Å². The lowest BCUT2D eigenvalue weighted by atomic mass is 10.0. The van der Waals surface area contributed by atoms with E-state index >= 15 is 0 Å². The van der Waals surface area contributed by atoms with Gasteiger partial charge in [-0.15, -0.1) is 0 Å². The molecule has 1 aliphatic carbocycles. The molecular formula is C15H31O4P. The fourth-order valence-corrected chi connectivity index (χ4v) is 4.74. The molecule has 0 spiro atoms. The molecule has 1 aliphatic rings. The molecule has 5 heteroatoms. The molecule has 0 unspecified atom stereocenters. The van der Waals surface area contributed by atoms with Crippen molar-refractivity contribution in [3.8, 4) is 0 Å². The monoisotopic (exact) mass is 306 g/mol. The maximum absolute atomic E-state index is 12.6. The van der Waals surface area contributed by atoms with E-state index in [9.17, 15) is 9.67 Å².